The number of carbonyl (C=O) groups excluding carboxylic acids is 3. The van der Waals surface area contributed by atoms with Crippen molar-refractivity contribution in [2.24, 2.45) is 5.92 Å². The fourth-order valence-corrected chi connectivity index (χ4v) is 4.29. The van der Waals surface area contributed by atoms with E-state index in [2.05, 4.69) is 28.8 Å². The zero-order valence-corrected chi connectivity index (χ0v) is 16.8. The summed E-state index contributed by atoms with van der Waals surface area (Å²) in [6.45, 7) is 1.92. The first-order valence-corrected chi connectivity index (χ1v) is 10.6. The lowest BCUT2D eigenvalue weighted by molar-refractivity contribution is -0.136. The Morgan fingerprint density at radius 1 is 1.11 bits per heavy atom. The Labute approximate surface area is 171 Å². The van der Waals surface area contributed by atoms with Crippen molar-refractivity contribution in [2.45, 2.75) is 38.0 Å². The third-order valence-electron chi connectivity index (χ3n) is 5.69. The van der Waals surface area contributed by atoms with Crippen molar-refractivity contribution in [3.8, 4) is 0 Å². The second kappa shape index (κ2) is 9.92. The molecule has 1 heterocycles. The monoisotopic (exact) mass is 405 g/mol. The number of nitrogens with zero attached hydrogens (tertiary/aromatic N) is 1. The van der Waals surface area contributed by atoms with E-state index < -0.39 is 0 Å². The number of hydrogen-bond acceptors (Lipinski definition) is 3. The van der Waals surface area contributed by atoms with Crippen molar-refractivity contribution in [1.82, 2.24) is 15.5 Å². The lowest BCUT2D eigenvalue weighted by atomic mass is 9.94. The molecule has 2 atom stereocenters. The number of rotatable bonds is 7. The van der Waals surface area contributed by atoms with Crippen LogP contribution in [-0.4, -0.2) is 54.7 Å². The van der Waals surface area contributed by atoms with Crippen LogP contribution in [0.2, 0.25) is 0 Å². The van der Waals surface area contributed by atoms with E-state index in [1.54, 1.807) is 0 Å². The fourth-order valence-electron chi connectivity index (χ4n) is 4.19. The number of benzene rings is 1. The van der Waals surface area contributed by atoms with Crippen LogP contribution in [0.4, 0.5) is 0 Å². The van der Waals surface area contributed by atoms with E-state index in [4.69, 9.17) is 11.6 Å². The van der Waals surface area contributed by atoms with Crippen LogP contribution >= 0.6 is 11.6 Å². The molecule has 0 aromatic heterocycles. The van der Waals surface area contributed by atoms with E-state index in [-0.39, 0.29) is 29.5 Å². The summed E-state index contributed by atoms with van der Waals surface area (Å²) in [4.78, 5) is 38.2. The number of likely N-dealkylation sites (tertiary alicyclic amines) is 1. The van der Waals surface area contributed by atoms with Crippen LogP contribution in [-0.2, 0) is 20.8 Å². The maximum absolute atomic E-state index is 12.8. The van der Waals surface area contributed by atoms with E-state index in [1.807, 2.05) is 11.0 Å². The average Bonchev–Trinajstić information content (AvgIpc) is 3.13. The number of halogens is 1. The molecule has 1 fully saturated rings. The summed E-state index contributed by atoms with van der Waals surface area (Å²) in [5.41, 5.74) is 2.67. The predicted octanol–water partition coefficient (Wildman–Crippen LogP) is 1.82. The Balaban J connectivity index is 1.46. The van der Waals surface area contributed by atoms with Crippen molar-refractivity contribution in [1.29, 1.82) is 0 Å². The number of amides is 3. The maximum Gasteiger partial charge on any atom is 0.234 e. The lowest BCUT2D eigenvalue weighted by Gasteiger charge is -2.33. The number of aryl methyl sites for hydroxylation is 1. The topological polar surface area (TPSA) is 78.5 Å². The van der Waals surface area contributed by atoms with E-state index in [9.17, 15) is 14.4 Å². The summed E-state index contributed by atoms with van der Waals surface area (Å²) < 4.78 is 0. The molecular formula is C21H28ClN3O3. The second-order valence-corrected chi connectivity index (χ2v) is 7.86. The van der Waals surface area contributed by atoms with Gasteiger partial charge in [0.25, 0.3) is 0 Å². The Morgan fingerprint density at radius 3 is 2.71 bits per heavy atom. The summed E-state index contributed by atoms with van der Waals surface area (Å²) in [5, 5.41) is 5.46. The molecule has 1 saturated heterocycles. The van der Waals surface area contributed by atoms with Gasteiger partial charge in [0.2, 0.25) is 17.7 Å². The Kier molecular flexibility index (Phi) is 7.31. The molecule has 0 spiro atoms. The standard InChI is InChI=1S/C21H28ClN3O3/c22-13-19(26)23-9-10-24-21(28)17-5-3-11-25(14-17)20(27)12-16-8-7-15-4-1-2-6-18(15)16/h1-2,4,6,16-17H,3,5,7-14H2,(H,23,26)(H,24,28). The molecule has 2 unspecified atom stereocenters. The van der Waals surface area contributed by atoms with E-state index in [0.29, 0.717) is 32.0 Å². The van der Waals surface area contributed by atoms with E-state index >= 15 is 0 Å². The normalized spacial score (nSPS) is 21.1. The molecule has 3 rings (SSSR count). The maximum atomic E-state index is 12.8. The van der Waals surface area contributed by atoms with Gasteiger partial charge in [-0.15, -0.1) is 11.6 Å². The molecule has 152 valence electrons. The van der Waals surface area contributed by atoms with Gasteiger partial charge in [0.05, 0.1) is 5.92 Å². The minimum absolute atomic E-state index is 0.0520. The van der Waals surface area contributed by atoms with E-state index in [0.717, 1.165) is 32.2 Å². The van der Waals surface area contributed by atoms with Crippen molar-refractivity contribution in [3.05, 3.63) is 35.4 Å². The van der Waals surface area contributed by atoms with Crippen LogP contribution < -0.4 is 10.6 Å². The number of hydrogen-bond donors (Lipinski definition) is 2. The van der Waals surface area contributed by atoms with Crippen LogP contribution in [0.5, 0.6) is 0 Å². The third kappa shape index (κ3) is 5.25. The van der Waals surface area contributed by atoms with Gasteiger partial charge in [-0.3, -0.25) is 14.4 Å². The molecule has 1 aliphatic carbocycles. The molecule has 7 heteroatoms. The Morgan fingerprint density at radius 2 is 1.89 bits per heavy atom. The van der Waals surface area contributed by atoms with E-state index in [1.165, 1.54) is 11.1 Å². The highest BCUT2D eigenvalue weighted by Crippen LogP contribution is 2.35. The molecule has 1 aromatic rings. The van der Waals surface area contributed by atoms with Gasteiger partial charge in [0.15, 0.2) is 0 Å². The minimum Gasteiger partial charge on any atom is -0.354 e. The van der Waals surface area contributed by atoms with Gasteiger partial charge >= 0.3 is 0 Å². The van der Waals surface area contributed by atoms with Crippen LogP contribution in [0.3, 0.4) is 0 Å². The fraction of sp³-hybridized carbons (Fsp3) is 0.571. The van der Waals surface area contributed by atoms with Gasteiger partial charge in [-0.1, -0.05) is 24.3 Å². The molecule has 2 N–H and O–H groups in total. The Hall–Kier alpha value is -2.08. The summed E-state index contributed by atoms with van der Waals surface area (Å²) in [5.74, 6) is -0.129. The number of fused-ring (bicyclic) bond motifs is 1. The first kappa shape index (κ1) is 20.6. The predicted molar refractivity (Wildman–Crippen MR) is 108 cm³/mol. The SMILES string of the molecule is O=C(CCl)NCCNC(=O)C1CCCN(C(=O)CC2CCc3ccccc32)C1. The highest BCUT2D eigenvalue weighted by Gasteiger charge is 2.31. The molecule has 0 bridgehead atoms. The van der Waals surface area contributed by atoms with Crippen molar-refractivity contribution in [2.75, 3.05) is 32.1 Å². The molecule has 2 aliphatic rings. The summed E-state index contributed by atoms with van der Waals surface area (Å²) in [6.07, 6.45) is 4.22. The molecule has 0 saturated carbocycles. The van der Waals surface area contributed by atoms with Gasteiger partial charge in [-0.25, -0.2) is 0 Å². The van der Waals surface area contributed by atoms with Gasteiger partial charge in [0.1, 0.15) is 5.88 Å². The molecule has 28 heavy (non-hydrogen) atoms. The summed E-state index contributed by atoms with van der Waals surface area (Å²) >= 11 is 5.41. The lowest BCUT2D eigenvalue weighted by Crippen LogP contribution is -2.46. The Bertz CT molecular complexity index is 725. The van der Waals surface area contributed by atoms with Crippen LogP contribution in [0.1, 0.15) is 42.7 Å². The molecule has 0 radical (unpaired) electrons. The number of nitrogens with one attached hydrogen (secondary N) is 2. The highest BCUT2D eigenvalue weighted by molar-refractivity contribution is 6.27. The molecule has 6 nitrogen and oxygen atoms in total. The zero-order chi connectivity index (χ0) is 19.9. The van der Waals surface area contributed by atoms with Gasteiger partial charge in [-0.2, -0.15) is 0 Å². The summed E-state index contributed by atoms with van der Waals surface area (Å²) in [6, 6.07) is 8.38. The number of piperidine rings is 1. The molecule has 1 aliphatic heterocycles. The summed E-state index contributed by atoms with van der Waals surface area (Å²) in [7, 11) is 0. The molecular weight excluding hydrogens is 378 g/mol. The van der Waals surface area contributed by atoms with Gasteiger partial charge in [-0.05, 0) is 42.7 Å². The van der Waals surface area contributed by atoms with Crippen molar-refractivity contribution >= 4 is 29.3 Å². The van der Waals surface area contributed by atoms with Crippen LogP contribution in [0.25, 0.3) is 0 Å². The second-order valence-electron chi connectivity index (χ2n) is 7.59. The number of alkyl halides is 1. The first-order chi connectivity index (χ1) is 13.6. The quantitative estimate of drug-likeness (QED) is 0.536. The van der Waals surface area contributed by atoms with Crippen molar-refractivity contribution < 1.29 is 14.4 Å². The first-order valence-electron chi connectivity index (χ1n) is 10.0. The number of carbonyl (C=O) groups is 3. The zero-order valence-electron chi connectivity index (χ0n) is 16.1. The largest absolute Gasteiger partial charge is 0.354 e. The van der Waals surface area contributed by atoms with Gasteiger partial charge < -0.3 is 15.5 Å². The molecule has 1 aromatic carbocycles. The molecule has 3 amide bonds. The van der Waals surface area contributed by atoms with Crippen LogP contribution in [0.15, 0.2) is 24.3 Å². The van der Waals surface area contributed by atoms with Crippen molar-refractivity contribution in [3.63, 3.8) is 0 Å². The van der Waals surface area contributed by atoms with Crippen LogP contribution in [0, 0.1) is 5.92 Å². The smallest absolute Gasteiger partial charge is 0.234 e. The average molecular weight is 406 g/mol. The third-order valence-corrected chi connectivity index (χ3v) is 5.93. The highest BCUT2D eigenvalue weighted by atomic mass is 35.5. The van der Waals surface area contributed by atoms with Gasteiger partial charge in [0, 0.05) is 32.6 Å². The minimum atomic E-state index is -0.251.